The first-order chi connectivity index (χ1) is 17.9. The second-order valence-corrected chi connectivity index (χ2v) is 9.10. The minimum Gasteiger partial charge on any atom is -0.496 e. The normalized spacial score (nSPS) is 14.6. The van der Waals surface area contributed by atoms with Gasteiger partial charge in [-0.3, -0.25) is 9.59 Å². The van der Waals surface area contributed by atoms with E-state index in [2.05, 4.69) is 10.4 Å². The van der Waals surface area contributed by atoms with Gasteiger partial charge in [0, 0.05) is 6.04 Å². The van der Waals surface area contributed by atoms with Crippen molar-refractivity contribution in [3.63, 3.8) is 0 Å². The van der Waals surface area contributed by atoms with Gasteiger partial charge in [0.25, 0.3) is 5.91 Å². The van der Waals surface area contributed by atoms with Crippen LogP contribution in [-0.4, -0.2) is 49.0 Å². The standard InChI is InChI=1S/C28H32FN3O5/c1-35-24-10-7-11-25(36-2)27(24)23-16-22(31-32(23)20-14-12-19(29)13-15-20)28(34)30-21(17-26(33)37-3)18-8-5-4-6-9-18/h7,10-16,18,21H,4-6,8-9,17H2,1-3H3,(H,30,34)/t21-/m1/s1. The molecule has 1 atom stereocenters. The smallest absolute Gasteiger partial charge is 0.307 e. The Morgan fingerprint density at radius 2 is 1.68 bits per heavy atom. The van der Waals surface area contributed by atoms with Crippen LogP contribution in [0.25, 0.3) is 16.9 Å². The van der Waals surface area contributed by atoms with Gasteiger partial charge in [0.2, 0.25) is 0 Å². The van der Waals surface area contributed by atoms with E-state index in [4.69, 9.17) is 14.2 Å². The summed E-state index contributed by atoms with van der Waals surface area (Å²) in [7, 11) is 4.44. The van der Waals surface area contributed by atoms with Crippen LogP contribution in [0.4, 0.5) is 4.39 Å². The molecule has 0 aliphatic heterocycles. The lowest BCUT2D eigenvalue weighted by Gasteiger charge is -2.30. The van der Waals surface area contributed by atoms with Crippen LogP contribution in [0.2, 0.25) is 0 Å². The number of rotatable bonds is 9. The number of ether oxygens (including phenoxy) is 3. The molecule has 4 rings (SSSR count). The molecule has 0 radical (unpaired) electrons. The van der Waals surface area contributed by atoms with E-state index in [0.717, 1.165) is 32.1 Å². The van der Waals surface area contributed by atoms with Crippen molar-refractivity contribution in [2.24, 2.45) is 5.92 Å². The molecule has 1 aliphatic rings. The number of aromatic nitrogens is 2. The average molecular weight is 510 g/mol. The molecule has 0 bridgehead atoms. The molecule has 0 saturated heterocycles. The van der Waals surface area contributed by atoms with E-state index < -0.39 is 5.91 Å². The fourth-order valence-electron chi connectivity index (χ4n) is 4.93. The Bertz CT molecular complexity index is 1210. The number of hydrogen-bond acceptors (Lipinski definition) is 6. The van der Waals surface area contributed by atoms with Gasteiger partial charge in [-0.25, -0.2) is 9.07 Å². The zero-order chi connectivity index (χ0) is 26.4. The fraction of sp³-hybridized carbons (Fsp3) is 0.393. The molecular formula is C28H32FN3O5. The Balaban J connectivity index is 1.75. The van der Waals surface area contributed by atoms with Crippen LogP contribution >= 0.6 is 0 Å². The van der Waals surface area contributed by atoms with Gasteiger partial charge < -0.3 is 19.5 Å². The number of methoxy groups -OCH3 is 3. The van der Waals surface area contributed by atoms with Crippen LogP contribution < -0.4 is 14.8 Å². The van der Waals surface area contributed by atoms with E-state index >= 15 is 0 Å². The van der Waals surface area contributed by atoms with Crippen LogP contribution in [0.5, 0.6) is 11.5 Å². The Morgan fingerprint density at radius 1 is 1.03 bits per heavy atom. The molecule has 37 heavy (non-hydrogen) atoms. The molecule has 1 amide bonds. The summed E-state index contributed by atoms with van der Waals surface area (Å²) in [5.41, 5.74) is 1.84. The number of nitrogens with zero attached hydrogens (tertiary/aromatic N) is 2. The Kier molecular flexibility index (Phi) is 8.43. The summed E-state index contributed by atoms with van der Waals surface area (Å²) in [6.07, 6.45) is 5.26. The number of benzene rings is 2. The van der Waals surface area contributed by atoms with Crippen molar-refractivity contribution in [1.29, 1.82) is 0 Å². The molecular weight excluding hydrogens is 477 g/mol. The summed E-state index contributed by atoms with van der Waals surface area (Å²) >= 11 is 0. The number of esters is 1. The van der Waals surface area contributed by atoms with Gasteiger partial charge >= 0.3 is 5.97 Å². The molecule has 1 heterocycles. The Morgan fingerprint density at radius 3 is 2.27 bits per heavy atom. The molecule has 1 N–H and O–H groups in total. The van der Waals surface area contributed by atoms with Gasteiger partial charge in [-0.05, 0) is 61.2 Å². The highest BCUT2D eigenvalue weighted by Crippen LogP contribution is 2.39. The SMILES string of the molecule is COC(=O)C[C@@H](NC(=O)c1cc(-c2c(OC)cccc2OC)n(-c2ccc(F)cc2)n1)C1CCCCC1. The number of carbonyl (C=O) groups excluding carboxylic acids is 2. The van der Waals surface area contributed by atoms with E-state index in [9.17, 15) is 14.0 Å². The van der Waals surface area contributed by atoms with Crippen molar-refractivity contribution >= 4 is 11.9 Å². The summed E-state index contributed by atoms with van der Waals surface area (Å²) in [6, 6.07) is 12.5. The van der Waals surface area contributed by atoms with Crippen molar-refractivity contribution in [2.75, 3.05) is 21.3 Å². The number of halogens is 1. The third-order valence-corrected chi connectivity index (χ3v) is 6.85. The molecule has 1 aromatic heterocycles. The lowest BCUT2D eigenvalue weighted by molar-refractivity contribution is -0.141. The third kappa shape index (κ3) is 5.93. The van der Waals surface area contributed by atoms with E-state index in [1.165, 1.54) is 19.2 Å². The van der Waals surface area contributed by atoms with Crippen molar-refractivity contribution in [3.8, 4) is 28.4 Å². The number of hydrogen-bond donors (Lipinski definition) is 1. The third-order valence-electron chi connectivity index (χ3n) is 6.85. The van der Waals surface area contributed by atoms with Gasteiger partial charge in [-0.1, -0.05) is 25.3 Å². The molecule has 8 nitrogen and oxygen atoms in total. The predicted octanol–water partition coefficient (Wildman–Crippen LogP) is 4.94. The van der Waals surface area contributed by atoms with Crippen LogP contribution in [0.15, 0.2) is 48.5 Å². The highest BCUT2D eigenvalue weighted by Gasteiger charge is 2.29. The first kappa shape index (κ1) is 26.2. The highest BCUT2D eigenvalue weighted by molar-refractivity contribution is 5.94. The van der Waals surface area contributed by atoms with Crippen LogP contribution in [0, 0.1) is 11.7 Å². The summed E-state index contributed by atoms with van der Waals surface area (Å²) < 4.78 is 31.3. The average Bonchev–Trinajstić information content (AvgIpc) is 3.38. The predicted molar refractivity (Wildman–Crippen MR) is 137 cm³/mol. The zero-order valence-corrected chi connectivity index (χ0v) is 21.3. The van der Waals surface area contributed by atoms with E-state index in [1.54, 1.807) is 55.3 Å². The quantitative estimate of drug-likeness (QED) is 0.411. The van der Waals surface area contributed by atoms with Crippen molar-refractivity contribution in [3.05, 3.63) is 60.0 Å². The van der Waals surface area contributed by atoms with E-state index in [-0.39, 0.29) is 35.9 Å². The summed E-state index contributed by atoms with van der Waals surface area (Å²) in [5, 5.41) is 7.63. The van der Waals surface area contributed by atoms with Crippen LogP contribution in [0.1, 0.15) is 49.0 Å². The van der Waals surface area contributed by atoms with E-state index in [0.29, 0.717) is 28.4 Å². The number of carbonyl (C=O) groups is 2. The largest absolute Gasteiger partial charge is 0.496 e. The lowest BCUT2D eigenvalue weighted by Crippen LogP contribution is -2.42. The van der Waals surface area contributed by atoms with Gasteiger partial charge in [-0.15, -0.1) is 0 Å². The second kappa shape index (κ2) is 11.9. The minimum absolute atomic E-state index is 0.0960. The molecule has 3 aromatic rings. The van der Waals surface area contributed by atoms with E-state index in [1.807, 2.05) is 0 Å². The zero-order valence-electron chi connectivity index (χ0n) is 21.3. The van der Waals surface area contributed by atoms with Crippen molar-refractivity contribution < 1.29 is 28.2 Å². The molecule has 0 spiro atoms. The topological polar surface area (TPSA) is 91.7 Å². The fourth-order valence-corrected chi connectivity index (χ4v) is 4.93. The molecule has 1 saturated carbocycles. The van der Waals surface area contributed by atoms with Gasteiger partial charge in [0.15, 0.2) is 5.69 Å². The monoisotopic (exact) mass is 509 g/mol. The molecule has 2 aromatic carbocycles. The van der Waals surface area contributed by atoms with Crippen molar-refractivity contribution in [2.45, 2.75) is 44.6 Å². The first-order valence-corrected chi connectivity index (χ1v) is 12.4. The van der Waals surface area contributed by atoms with Crippen LogP contribution in [-0.2, 0) is 9.53 Å². The summed E-state index contributed by atoms with van der Waals surface area (Å²) in [6.45, 7) is 0. The Hall–Kier alpha value is -3.88. The summed E-state index contributed by atoms with van der Waals surface area (Å²) in [5.74, 6) is 0.0801. The maximum absolute atomic E-state index is 13.7. The maximum Gasteiger partial charge on any atom is 0.307 e. The number of amides is 1. The number of nitrogens with one attached hydrogen (secondary N) is 1. The minimum atomic E-state index is -0.407. The molecule has 196 valence electrons. The molecule has 0 unspecified atom stereocenters. The lowest BCUT2D eigenvalue weighted by atomic mass is 9.82. The van der Waals surface area contributed by atoms with Crippen molar-refractivity contribution in [1.82, 2.24) is 15.1 Å². The van der Waals surface area contributed by atoms with Gasteiger partial charge in [0.05, 0.1) is 44.7 Å². The second-order valence-electron chi connectivity index (χ2n) is 9.10. The molecule has 1 aliphatic carbocycles. The maximum atomic E-state index is 13.7. The Labute approximate surface area is 215 Å². The van der Waals surface area contributed by atoms with Crippen LogP contribution in [0.3, 0.4) is 0 Å². The first-order valence-electron chi connectivity index (χ1n) is 12.4. The molecule has 1 fully saturated rings. The summed E-state index contributed by atoms with van der Waals surface area (Å²) in [4.78, 5) is 25.6. The van der Waals surface area contributed by atoms with Gasteiger partial charge in [-0.2, -0.15) is 5.10 Å². The molecule has 9 heteroatoms. The van der Waals surface area contributed by atoms with Gasteiger partial charge in [0.1, 0.15) is 17.3 Å². The highest BCUT2D eigenvalue weighted by atomic mass is 19.1.